The minimum atomic E-state index is -0.266. The van der Waals surface area contributed by atoms with E-state index in [1.54, 1.807) is 39.8 Å². The van der Waals surface area contributed by atoms with Crippen LogP contribution >= 0.6 is 0 Å². The monoisotopic (exact) mass is 2030 g/mol. The lowest BCUT2D eigenvalue weighted by Gasteiger charge is -2.08. The van der Waals surface area contributed by atoms with Crippen molar-refractivity contribution in [3.8, 4) is 0 Å². The summed E-state index contributed by atoms with van der Waals surface area (Å²) in [4.78, 5) is 151. The molecule has 0 radical (unpaired) electrons. The molecule has 0 fully saturated rings. The Hall–Kier alpha value is -17.1. The number of H-pyrrole nitrogens is 6. The summed E-state index contributed by atoms with van der Waals surface area (Å²) < 4.78 is 9.50. The lowest BCUT2D eigenvalue weighted by Crippen LogP contribution is -2.18. The zero-order chi connectivity index (χ0) is 106. The SMILES string of the molecule is CCCCNc1nc(N)c2[nH]c(=O)n(Cc3ccc(C)nc3)c2n1.CCCCNc1nc(N)c2[nH]c(=O)n(Cc3ccc(CC)cc3)c2n1.CCCCNc1nc(N)c2[nH]c(=O)n(Cc3ccc(CC)cc3)c2n1.CCCCNc1nc(N)c2[nH]c(=O)n(Cc3ccc(CC)cc3)c2n1.CCCCNc1nc(N)c2[nH]c(=O)n(Cc3ccc(CC)nc3)c2n1.CCCCNc1nc(N)c2[nH]c(=O)n(Cc3cccc(CC)c3)c2n1. The fourth-order valence-electron chi connectivity index (χ4n) is 16.0. The number of unbranched alkanes of at least 4 members (excludes halogenated alkanes) is 6. The fraction of sp³-hybridized carbons (Fsp3) is 0.390. The molecule has 18 aromatic rings. The minimum absolute atomic E-state index is 0.233. The number of anilines is 12. The van der Waals surface area contributed by atoms with Crippen LogP contribution in [0.3, 0.4) is 0 Å². The Morgan fingerprint density at radius 2 is 0.456 bits per heavy atom. The number of rotatable bonds is 41. The van der Waals surface area contributed by atoms with E-state index in [9.17, 15) is 28.8 Å². The molecule has 44 nitrogen and oxygen atoms in total. The van der Waals surface area contributed by atoms with Crippen LogP contribution in [0.25, 0.3) is 67.0 Å². The third-order valence-corrected chi connectivity index (χ3v) is 24.7. The Labute approximate surface area is 860 Å². The molecule has 0 saturated carbocycles. The molecule has 14 aromatic heterocycles. The van der Waals surface area contributed by atoms with Crippen LogP contribution in [0.4, 0.5) is 70.6 Å². The summed E-state index contributed by atoms with van der Waals surface area (Å²) >= 11 is 0. The van der Waals surface area contributed by atoms with Gasteiger partial charge in [0.2, 0.25) is 35.7 Å². The third-order valence-electron chi connectivity index (χ3n) is 24.7. The van der Waals surface area contributed by atoms with Crippen LogP contribution in [0.5, 0.6) is 0 Å². The number of hydrogen-bond acceptors (Lipinski definition) is 32. The highest BCUT2D eigenvalue weighted by atomic mass is 16.2. The maximum Gasteiger partial charge on any atom is 0.328 e. The molecular formula is C105H140N38O6. The minimum Gasteiger partial charge on any atom is -0.382 e. The van der Waals surface area contributed by atoms with Gasteiger partial charge in [-0.2, -0.15) is 59.8 Å². The number of aryl methyl sites for hydroxylation is 6. The van der Waals surface area contributed by atoms with Gasteiger partial charge < -0.3 is 96.2 Å². The van der Waals surface area contributed by atoms with Crippen molar-refractivity contribution in [3.63, 3.8) is 0 Å². The number of aromatic amines is 6. The van der Waals surface area contributed by atoms with Crippen molar-refractivity contribution in [1.82, 2.24) is 127 Å². The number of nitrogens with two attached hydrogens (primary N) is 6. The topological polar surface area (TPSA) is 635 Å². The second-order valence-electron chi connectivity index (χ2n) is 36.1. The molecule has 149 heavy (non-hydrogen) atoms. The van der Waals surface area contributed by atoms with Crippen LogP contribution < -0.4 is 100 Å². The van der Waals surface area contributed by atoms with Gasteiger partial charge in [0.05, 0.1) is 39.3 Å². The van der Waals surface area contributed by atoms with Crippen LogP contribution in [0.15, 0.2) is 162 Å². The number of imidazole rings is 6. The first kappa shape index (κ1) is 109. The van der Waals surface area contributed by atoms with Gasteiger partial charge in [0.25, 0.3) is 0 Å². The molecule has 0 spiro atoms. The molecule has 18 rings (SSSR count). The number of pyridine rings is 2. The van der Waals surface area contributed by atoms with Crippen LogP contribution in [0.2, 0.25) is 0 Å². The molecule has 0 atom stereocenters. The number of nitrogen functional groups attached to an aromatic ring is 6. The van der Waals surface area contributed by atoms with Crippen molar-refractivity contribution in [3.05, 3.63) is 264 Å². The Kier molecular flexibility index (Phi) is 38.9. The second-order valence-corrected chi connectivity index (χ2v) is 36.1. The van der Waals surface area contributed by atoms with Gasteiger partial charge in [0.15, 0.2) is 68.8 Å². The quantitative estimate of drug-likeness (QED) is 0.0158. The van der Waals surface area contributed by atoms with Crippen molar-refractivity contribution in [1.29, 1.82) is 0 Å². The lowest BCUT2D eigenvalue weighted by molar-refractivity contribution is 0.771. The molecule has 0 bridgehead atoms. The molecule has 44 heteroatoms. The third kappa shape index (κ3) is 28.8. The summed E-state index contributed by atoms with van der Waals surface area (Å²) in [6.45, 7) is 32.3. The van der Waals surface area contributed by atoms with E-state index in [-0.39, 0.29) is 69.0 Å². The summed E-state index contributed by atoms with van der Waals surface area (Å²) in [7, 11) is 0. The molecule has 0 aliphatic heterocycles. The van der Waals surface area contributed by atoms with E-state index >= 15 is 0 Å². The number of aromatic nitrogens is 26. The summed E-state index contributed by atoms with van der Waals surface area (Å²) in [5.74, 6) is 4.32. The van der Waals surface area contributed by atoms with Gasteiger partial charge in [0.1, 0.15) is 33.1 Å². The number of nitrogens with zero attached hydrogens (tertiary/aromatic N) is 20. The van der Waals surface area contributed by atoms with Crippen molar-refractivity contribution >= 4 is 138 Å². The maximum absolute atomic E-state index is 12.4. The Bertz CT molecular complexity index is 7220. The molecule has 0 aliphatic carbocycles. The smallest absolute Gasteiger partial charge is 0.328 e. The highest BCUT2D eigenvalue weighted by Crippen LogP contribution is 2.27. The number of nitrogens with one attached hydrogen (secondary N) is 12. The van der Waals surface area contributed by atoms with Gasteiger partial charge in [-0.3, -0.25) is 37.4 Å². The molecule has 0 unspecified atom stereocenters. The molecular weight excluding hydrogens is 1890 g/mol. The lowest BCUT2D eigenvalue weighted by atomic mass is 10.1. The van der Waals surface area contributed by atoms with E-state index in [0.717, 1.165) is 193 Å². The molecule has 786 valence electrons. The number of hydrogen-bond donors (Lipinski definition) is 18. The zero-order valence-corrected chi connectivity index (χ0v) is 87.1. The molecule has 4 aromatic carbocycles. The average molecular weight is 2030 g/mol. The van der Waals surface area contributed by atoms with Crippen LogP contribution in [0.1, 0.15) is 220 Å². The van der Waals surface area contributed by atoms with Crippen molar-refractivity contribution in [2.24, 2.45) is 0 Å². The predicted molar refractivity (Wildman–Crippen MR) is 596 cm³/mol. The first-order valence-corrected chi connectivity index (χ1v) is 51.3. The van der Waals surface area contributed by atoms with Gasteiger partial charge >= 0.3 is 34.1 Å². The van der Waals surface area contributed by atoms with Gasteiger partial charge in [-0.05, 0) is 145 Å². The summed E-state index contributed by atoms with van der Waals surface area (Å²) in [5.41, 5.74) is 53.4. The van der Waals surface area contributed by atoms with Crippen molar-refractivity contribution < 1.29 is 0 Å². The summed E-state index contributed by atoms with van der Waals surface area (Å²) in [5, 5.41) is 18.9. The van der Waals surface area contributed by atoms with Gasteiger partial charge in [-0.25, -0.2) is 28.8 Å². The van der Waals surface area contributed by atoms with Gasteiger partial charge in [-0.15, -0.1) is 0 Å². The van der Waals surface area contributed by atoms with Crippen molar-refractivity contribution in [2.75, 3.05) is 106 Å². The fourth-order valence-corrected chi connectivity index (χ4v) is 16.0. The van der Waals surface area contributed by atoms with Gasteiger partial charge in [0, 0.05) is 63.1 Å². The molecule has 24 N–H and O–H groups in total. The first-order valence-electron chi connectivity index (χ1n) is 51.3. The highest BCUT2D eigenvalue weighted by molar-refractivity contribution is 5.87. The van der Waals surface area contributed by atoms with E-state index in [4.69, 9.17) is 34.4 Å². The van der Waals surface area contributed by atoms with Gasteiger partial charge in [-0.1, -0.05) is 224 Å². The van der Waals surface area contributed by atoms with Crippen LogP contribution in [0, 0.1) is 6.92 Å². The molecule has 0 aliphatic rings. The highest BCUT2D eigenvalue weighted by Gasteiger charge is 2.23. The van der Waals surface area contributed by atoms with Crippen LogP contribution in [-0.4, -0.2) is 166 Å². The average Bonchev–Trinajstić information content (AvgIpc) is 1.66. The largest absolute Gasteiger partial charge is 0.382 e. The molecule has 0 amide bonds. The predicted octanol–water partition coefficient (Wildman–Crippen LogP) is 13.7. The Morgan fingerprint density at radius 1 is 0.242 bits per heavy atom. The second kappa shape index (κ2) is 53.1. The Morgan fingerprint density at radius 3 is 0.671 bits per heavy atom. The van der Waals surface area contributed by atoms with Crippen LogP contribution in [-0.2, 0) is 71.4 Å². The van der Waals surface area contributed by atoms with E-state index in [0.29, 0.717) is 142 Å². The van der Waals surface area contributed by atoms with E-state index in [2.05, 4.69) is 256 Å². The zero-order valence-electron chi connectivity index (χ0n) is 87.1. The maximum atomic E-state index is 12.4. The number of fused-ring (bicyclic) bond motifs is 6. The standard InChI is InChI=1S/4C18H24N6O.C17H23N7O.C16H21N7O/c3*1-3-5-10-20-17-22-15(19)14-16(23-17)24(18(25)21-14)11-13-8-6-12(4-2)7-9-13;1-3-5-9-20-17-22-15(19)14-16(23-17)24(18(25)21-14)11-13-8-6-7-12(4-2)10-13;1-3-5-8-19-16-22-14(18)13-15(23-16)24(17(25)21-13)10-11-6-7-12(4-2)20-9-11;1-3-4-7-18-15-21-13(17)12-14(22-15)23(16(24)20-12)9-11-6-5-10(2)19-8-11/h3*6-9H,3-5,10-11H2,1-2H3,(H,21,25)(H3,19,20,22,23);6-8,10H,3-5,9,11H2,1-2H3,(H,21,25)(H3,19,20,22,23);6-7,9H,3-5,8,10H2,1-2H3,(H,21,25)(H3,18,19,22,23);5-6,8H,3-4,7,9H2,1-2H3,(H,20,24)(H3,17,18,21,22). The van der Waals surface area contributed by atoms with Crippen molar-refractivity contribution in [2.45, 2.75) is 232 Å². The van der Waals surface area contributed by atoms with E-state index in [1.807, 2.05) is 79.7 Å². The summed E-state index contributed by atoms with van der Waals surface area (Å²) in [6.07, 6.45) is 20.9. The Balaban J connectivity index is 0.000000149. The summed E-state index contributed by atoms with van der Waals surface area (Å²) in [6, 6.07) is 40.7. The molecule has 0 saturated heterocycles. The van der Waals surface area contributed by atoms with E-state index in [1.165, 1.54) is 22.3 Å². The normalized spacial score (nSPS) is 11.1. The number of benzene rings is 4. The molecule has 14 heterocycles. The first-order chi connectivity index (χ1) is 72.2. The van der Waals surface area contributed by atoms with E-state index < -0.39 is 0 Å².